The summed E-state index contributed by atoms with van der Waals surface area (Å²) in [6, 6.07) is 0. The van der Waals surface area contributed by atoms with Gasteiger partial charge in [0.2, 0.25) is 0 Å². The molecule has 1 saturated carbocycles. The Morgan fingerprint density at radius 3 is 2.93 bits per heavy atom. The molecule has 4 nitrogen and oxygen atoms in total. The predicted octanol–water partition coefficient (Wildman–Crippen LogP) is 1.14. The van der Waals surface area contributed by atoms with E-state index in [0.717, 1.165) is 18.2 Å². The summed E-state index contributed by atoms with van der Waals surface area (Å²) in [4.78, 5) is 0. The minimum Gasteiger partial charge on any atom is -0.493 e. The lowest BCUT2D eigenvalue weighted by atomic mass is 9.71. The molecule has 2 unspecified atom stereocenters. The van der Waals surface area contributed by atoms with Crippen molar-refractivity contribution in [3.8, 4) is 5.75 Å². The summed E-state index contributed by atoms with van der Waals surface area (Å²) in [7, 11) is 5.72. The fourth-order valence-electron chi connectivity index (χ4n) is 2.44. The molecule has 4 heteroatoms. The lowest BCUT2D eigenvalue weighted by Crippen LogP contribution is -2.33. The number of rotatable bonds is 4. The highest BCUT2D eigenvalue weighted by Crippen LogP contribution is 2.44. The molecule has 1 aromatic rings. The molecule has 1 aliphatic rings. The standard InChI is InChI=1S/C11H19N3O/c1-12-6-8-4-5-9(8)11-10(15-3)7-13-14(11)2/h7-9,12H,4-6H2,1-3H3. The Morgan fingerprint density at radius 1 is 1.60 bits per heavy atom. The highest BCUT2D eigenvalue weighted by atomic mass is 16.5. The van der Waals surface area contributed by atoms with Crippen molar-refractivity contribution in [3.05, 3.63) is 11.9 Å². The quantitative estimate of drug-likeness (QED) is 0.808. The van der Waals surface area contributed by atoms with Gasteiger partial charge in [-0.2, -0.15) is 5.10 Å². The van der Waals surface area contributed by atoms with Gasteiger partial charge in [0.15, 0.2) is 5.75 Å². The fourth-order valence-corrected chi connectivity index (χ4v) is 2.44. The van der Waals surface area contributed by atoms with Crippen LogP contribution in [0, 0.1) is 5.92 Å². The summed E-state index contributed by atoms with van der Waals surface area (Å²) in [5, 5.41) is 7.50. The average Bonchev–Trinajstić information content (AvgIpc) is 2.56. The third kappa shape index (κ3) is 1.74. The molecule has 2 rings (SSSR count). The van der Waals surface area contributed by atoms with Gasteiger partial charge in [0.05, 0.1) is 19.0 Å². The normalized spacial score (nSPS) is 25.0. The Bertz CT molecular complexity index is 335. The van der Waals surface area contributed by atoms with Crippen LogP contribution in [0.15, 0.2) is 6.20 Å². The summed E-state index contributed by atoms with van der Waals surface area (Å²) >= 11 is 0. The molecule has 0 saturated heterocycles. The largest absolute Gasteiger partial charge is 0.493 e. The van der Waals surface area contributed by atoms with E-state index in [1.807, 2.05) is 25.0 Å². The molecule has 0 radical (unpaired) electrons. The lowest BCUT2D eigenvalue weighted by Gasteiger charge is -2.36. The number of nitrogens with zero attached hydrogens (tertiary/aromatic N) is 2. The van der Waals surface area contributed by atoms with E-state index in [2.05, 4.69) is 10.4 Å². The molecule has 1 aliphatic carbocycles. The van der Waals surface area contributed by atoms with Crippen molar-refractivity contribution >= 4 is 0 Å². The van der Waals surface area contributed by atoms with E-state index in [1.54, 1.807) is 7.11 Å². The molecular weight excluding hydrogens is 190 g/mol. The Morgan fingerprint density at radius 2 is 2.40 bits per heavy atom. The van der Waals surface area contributed by atoms with Crippen molar-refractivity contribution in [2.75, 3.05) is 20.7 Å². The summed E-state index contributed by atoms with van der Waals surface area (Å²) in [5.41, 5.74) is 1.25. The Hall–Kier alpha value is -1.03. The third-order valence-corrected chi connectivity index (χ3v) is 3.40. The van der Waals surface area contributed by atoms with Crippen LogP contribution in [0.25, 0.3) is 0 Å². The maximum atomic E-state index is 5.35. The van der Waals surface area contributed by atoms with Gasteiger partial charge in [0.25, 0.3) is 0 Å². The van der Waals surface area contributed by atoms with Crippen LogP contribution < -0.4 is 10.1 Å². The van der Waals surface area contributed by atoms with Gasteiger partial charge in [-0.05, 0) is 32.4 Å². The van der Waals surface area contributed by atoms with Crippen molar-refractivity contribution in [3.63, 3.8) is 0 Å². The monoisotopic (exact) mass is 209 g/mol. The number of aromatic nitrogens is 2. The molecule has 0 bridgehead atoms. The summed E-state index contributed by atoms with van der Waals surface area (Å²) < 4.78 is 7.30. The zero-order valence-corrected chi connectivity index (χ0v) is 9.66. The van der Waals surface area contributed by atoms with Crippen LogP contribution in [0.5, 0.6) is 5.75 Å². The number of nitrogens with one attached hydrogen (secondary N) is 1. The van der Waals surface area contributed by atoms with Gasteiger partial charge >= 0.3 is 0 Å². The summed E-state index contributed by atoms with van der Waals surface area (Å²) in [6.45, 7) is 1.08. The first-order valence-electron chi connectivity index (χ1n) is 5.48. The number of hydrogen-bond acceptors (Lipinski definition) is 3. The maximum absolute atomic E-state index is 5.35. The molecule has 2 atom stereocenters. The van der Waals surface area contributed by atoms with Crippen molar-refractivity contribution in [1.29, 1.82) is 0 Å². The molecule has 1 N–H and O–H groups in total. The van der Waals surface area contributed by atoms with Gasteiger partial charge in [0.1, 0.15) is 0 Å². The highest BCUT2D eigenvalue weighted by Gasteiger charge is 2.35. The molecule has 84 valence electrons. The van der Waals surface area contributed by atoms with Gasteiger partial charge in [-0.25, -0.2) is 0 Å². The first kappa shape index (κ1) is 10.5. The van der Waals surface area contributed by atoms with Crippen molar-refractivity contribution in [1.82, 2.24) is 15.1 Å². The van der Waals surface area contributed by atoms with Gasteiger partial charge in [-0.15, -0.1) is 0 Å². The summed E-state index contributed by atoms with van der Waals surface area (Å²) in [6.07, 6.45) is 4.37. The number of aryl methyl sites for hydroxylation is 1. The Labute approximate surface area is 90.6 Å². The van der Waals surface area contributed by atoms with Crippen LogP contribution in [-0.2, 0) is 7.05 Å². The van der Waals surface area contributed by atoms with Crippen molar-refractivity contribution in [2.45, 2.75) is 18.8 Å². The van der Waals surface area contributed by atoms with Gasteiger partial charge in [-0.1, -0.05) is 0 Å². The lowest BCUT2D eigenvalue weighted by molar-refractivity contribution is 0.234. The third-order valence-electron chi connectivity index (χ3n) is 3.40. The highest BCUT2D eigenvalue weighted by molar-refractivity contribution is 5.30. The number of methoxy groups -OCH3 is 1. The van der Waals surface area contributed by atoms with Crippen LogP contribution >= 0.6 is 0 Å². The zero-order valence-electron chi connectivity index (χ0n) is 9.66. The maximum Gasteiger partial charge on any atom is 0.160 e. The van der Waals surface area contributed by atoms with Gasteiger partial charge in [0, 0.05) is 13.0 Å². The molecule has 15 heavy (non-hydrogen) atoms. The van der Waals surface area contributed by atoms with Crippen LogP contribution in [0.1, 0.15) is 24.5 Å². The van der Waals surface area contributed by atoms with Crippen LogP contribution in [0.2, 0.25) is 0 Å². The second-order valence-corrected chi connectivity index (χ2v) is 4.22. The van der Waals surface area contributed by atoms with Crippen molar-refractivity contribution < 1.29 is 4.74 Å². The van der Waals surface area contributed by atoms with Crippen LogP contribution in [0.4, 0.5) is 0 Å². The molecule has 1 heterocycles. The second-order valence-electron chi connectivity index (χ2n) is 4.22. The molecule has 1 aromatic heterocycles. The fraction of sp³-hybridized carbons (Fsp3) is 0.727. The van der Waals surface area contributed by atoms with E-state index in [4.69, 9.17) is 4.74 Å². The zero-order chi connectivity index (χ0) is 10.8. The molecule has 0 aliphatic heterocycles. The van der Waals surface area contributed by atoms with E-state index in [9.17, 15) is 0 Å². The second kappa shape index (κ2) is 4.23. The molecule has 1 fully saturated rings. The minimum atomic E-state index is 0.611. The SMILES string of the molecule is CNCC1CCC1c1c(OC)cnn1C. The Balaban J connectivity index is 2.17. The molecule has 0 amide bonds. The van der Waals surface area contributed by atoms with Gasteiger partial charge in [-0.3, -0.25) is 4.68 Å². The first-order valence-corrected chi connectivity index (χ1v) is 5.48. The number of ether oxygens (including phenoxy) is 1. The smallest absolute Gasteiger partial charge is 0.160 e. The van der Waals surface area contributed by atoms with Crippen LogP contribution in [-0.4, -0.2) is 30.5 Å². The number of hydrogen-bond donors (Lipinski definition) is 1. The summed E-state index contributed by atoms with van der Waals surface area (Å²) in [5.74, 6) is 2.28. The molecular formula is C11H19N3O. The van der Waals surface area contributed by atoms with Crippen LogP contribution in [0.3, 0.4) is 0 Å². The van der Waals surface area contributed by atoms with E-state index in [0.29, 0.717) is 5.92 Å². The topological polar surface area (TPSA) is 39.1 Å². The predicted molar refractivity (Wildman–Crippen MR) is 59.2 cm³/mol. The van der Waals surface area contributed by atoms with E-state index >= 15 is 0 Å². The first-order chi connectivity index (χ1) is 7.27. The van der Waals surface area contributed by atoms with Gasteiger partial charge < -0.3 is 10.1 Å². The minimum absolute atomic E-state index is 0.611. The molecule has 0 aromatic carbocycles. The van der Waals surface area contributed by atoms with Crippen molar-refractivity contribution in [2.24, 2.45) is 13.0 Å². The van der Waals surface area contributed by atoms with E-state index in [-0.39, 0.29) is 0 Å². The molecule has 0 spiro atoms. The van der Waals surface area contributed by atoms with E-state index < -0.39 is 0 Å². The van der Waals surface area contributed by atoms with E-state index in [1.165, 1.54) is 18.5 Å². The average molecular weight is 209 g/mol. The Kier molecular flexibility index (Phi) is 2.95.